The van der Waals surface area contributed by atoms with Crippen molar-refractivity contribution >= 4 is 32.5 Å². The van der Waals surface area contributed by atoms with Gasteiger partial charge in [0.1, 0.15) is 5.82 Å². The van der Waals surface area contributed by atoms with Gasteiger partial charge in [0, 0.05) is 34.6 Å². The fraction of sp³-hybridized carbons (Fsp3) is 0.357. The van der Waals surface area contributed by atoms with Crippen molar-refractivity contribution in [3.63, 3.8) is 0 Å². The monoisotopic (exact) mass is 308 g/mol. The van der Waals surface area contributed by atoms with Crippen LogP contribution >= 0.6 is 15.9 Å². The maximum absolute atomic E-state index is 5.50. The normalized spacial score (nSPS) is 12.6. The van der Waals surface area contributed by atoms with E-state index in [9.17, 15) is 0 Å². The van der Waals surface area contributed by atoms with E-state index < -0.39 is 0 Å². The van der Waals surface area contributed by atoms with E-state index in [1.54, 1.807) is 0 Å². The first-order valence-electron chi connectivity index (χ1n) is 6.11. The predicted octanol–water partition coefficient (Wildman–Crippen LogP) is 3.83. The van der Waals surface area contributed by atoms with Gasteiger partial charge in [-0.2, -0.15) is 0 Å². The second-order valence-corrected chi connectivity index (χ2v) is 5.00. The minimum atomic E-state index is 0.180. The number of nitrogens with zero attached hydrogens (tertiary/aromatic N) is 1. The Kier molecular flexibility index (Phi) is 4.55. The number of benzene rings is 1. The summed E-state index contributed by atoms with van der Waals surface area (Å²) in [6.07, 6.45) is 2.00. The molecule has 1 heterocycles. The van der Waals surface area contributed by atoms with Crippen LogP contribution in [0, 0.1) is 0 Å². The molecule has 96 valence electrons. The van der Waals surface area contributed by atoms with Crippen LogP contribution in [0.3, 0.4) is 0 Å². The van der Waals surface area contributed by atoms with Crippen LogP contribution in [0.4, 0.5) is 5.82 Å². The summed E-state index contributed by atoms with van der Waals surface area (Å²) in [5.41, 5.74) is 0. The van der Waals surface area contributed by atoms with Crippen molar-refractivity contribution in [2.24, 2.45) is 0 Å². The summed E-state index contributed by atoms with van der Waals surface area (Å²) in [7, 11) is 0. The maximum atomic E-state index is 5.50. The zero-order valence-electron chi connectivity index (χ0n) is 10.6. The smallest absolute Gasteiger partial charge is 0.133 e. The first-order chi connectivity index (χ1) is 8.72. The van der Waals surface area contributed by atoms with Crippen molar-refractivity contribution in [2.75, 3.05) is 18.5 Å². The van der Waals surface area contributed by atoms with Crippen LogP contribution in [-0.2, 0) is 4.74 Å². The van der Waals surface area contributed by atoms with Gasteiger partial charge in [-0.25, -0.2) is 4.98 Å². The number of pyridine rings is 1. The summed E-state index contributed by atoms with van der Waals surface area (Å²) in [5.74, 6) is 0.903. The van der Waals surface area contributed by atoms with Gasteiger partial charge in [-0.1, -0.05) is 28.1 Å². The molecule has 1 atom stereocenters. The Morgan fingerprint density at radius 1 is 1.33 bits per heavy atom. The summed E-state index contributed by atoms with van der Waals surface area (Å²) in [5, 5.41) is 5.63. The van der Waals surface area contributed by atoms with Crippen LogP contribution < -0.4 is 5.32 Å². The number of hydrogen-bond donors (Lipinski definition) is 1. The van der Waals surface area contributed by atoms with E-state index in [-0.39, 0.29) is 6.10 Å². The molecule has 0 spiro atoms. The molecule has 1 N–H and O–H groups in total. The lowest BCUT2D eigenvalue weighted by molar-refractivity contribution is 0.0855. The van der Waals surface area contributed by atoms with Crippen LogP contribution in [0.5, 0.6) is 0 Å². The molecule has 2 aromatic rings. The SMILES string of the molecule is CCOC(C)CNc1nccc2c(Br)cccc12. The molecule has 0 amide bonds. The maximum Gasteiger partial charge on any atom is 0.133 e. The molecule has 1 unspecified atom stereocenters. The zero-order chi connectivity index (χ0) is 13.0. The molecule has 0 aliphatic heterocycles. The highest BCUT2D eigenvalue weighted by atomic mass is 79.9. The number of halogens is 1. The quantitative estimate of drug-likeness (QED) is 0.911. The summed E-state index contributed by atoms with van der Waals surface area (Å²) in [6.45, 7) is 5.55. The molecule has 0 radical (unpaired) electrons. The van der Waals surface area contributed by atoms with E-state index in [1.165, 1.54) is 5.39 Å². The molecule has 18 heavy (non-hydrogen) atoms. The van der Waals surface area contributed by atoms with Crippen LogP contribution in [0.2, 0.25) is 0 Å². The highest BCUT2D eigenvalue weighted by Gasteiger charge is 2.06. The minimum Gasteiger partial charge on any atom is -0.377 e. The van der Waals surface area contributed by atoms with Crippen LogP contribution in [0.15, 0.2) is 34.9 Å². The van der Waals surface area contributed by atoms with Crippen LogP contribution in [0.1, 0.15) is 13.8 Å². The lowest BCUT2D eigenvalue weighted by atomic mass is 10.1. The van der Waals surface area contributed by atoms with Gasteiger partial charge in [0.2, 0.25) is 0 Å². The van der Waals surface area contributed by atoms with Crippen LogP contribution in [-0.4, -0.2) is 24.2 Å². The highest BCUT2D eigenvalue weighted by Crippen LogP contribution is 2.27. The van der Waals surface area contributed by atoms with Gasteiger partial charge in [-0.15, -0.1) is 0 Å². The molecule has 3 nitrogen and oxygen atoms in total. The summed E-state index contributed by atoms with van der Waals surface area (Å²) < 4.78 is 6.59. The number of nitrogens with one attached hydrogen (secondary N) is 1. The van der Waals surface area contributed by atoms with E-state index >= 15 is 0 Å². The van der Waals surface area contributed by atoms with Crippen LogP contribution in [0.25, 0.3) is 10.8 Å². The van der Waals surface area contributed by atoms with Gasteiger partial charge in [0.15, 0.2) is 0 Å². The van der Waals surface area contributed by atoms with E-state index in [2.05, 4.69) is 39.2 Å². The Bertz CT molecular complexity index is 530. The number of rotatable bonds is 5. The standard InChI is InChI=1S/C14H17BrN2O/c1-3-18-10(2)9-17-14-12-5-4-6-13(15)11(12)7-8-16-14/h4-8,10H,3,9H2,1-2H3,(H,16,17). The van der Waals surface area contributed by atoms with Crippen molar-refractivity contribution in [3.8, 4) is 0 Å². The minimum absolute atomic E-state index is 0.180. The van der Waals surface area contributed by atoms with E-state index in [0.717, 1.165) is 28.8 Å². The Labute approximate surface area is 116 Å². The van der Waals surface area contributed by atoms with Crippen molar-refractivity contribution in [3.05, 3.63) is 34.9 Å². The number of hydrogen-bond acceptors (Lipinski definition) is 3. The molecular formula is C14H17BrN2O. The predicted molar refractivity (Wildman–Crippen MR) is 79.0 cm³/mol. The average molecular weight is 309 g/mol. The van der Waals surface area contributed by atoms with Crippen molar-refractivity contribution in [1.82, 2.24) is 4.98 Å². The average Bonchev–Trinajstić information content (AvgIpc) is 2.37. The third-order valence-corrected chi connectivity index (χ3v) is 3.45. The van der Waals surface area contributed by atoms with Gasteiger partial charge >= 0.3 is 0 Å². The second kappa shape index (κ2) is 6.16. The van der Waals surface area contributed by atoms with Crippen molar-refractivity contribution < 1.29 is 4.74 Å². The number of fused-ring (bicyclic) bond motifs is 1. The largest absolute Gasteiger partial charge is 0.377 e. The van der Waals surface area contributed by atoms with Gasteiger partial charge in [-0.3, -0.25) is 0 Å². The lowest BCUT2D eigenvalue weighted by Crippen LogP contribution is -2.20. The van der Waals surface area contributed by atoms with E-state index in [0.29, 0.717) is 0 Å². The molecule has 2 rings (SSSR count). The van der Waals surface area contributed by atoms with E-state index in [4.69, 9.17) is 4.74 Å². The number of aromatic nitrogens is 1. The first kappa shape index (κ1) is 13.3. The molecule has 0 aliphatic carbocycles. The lowest BCUT2D eigenvalue weighted by Gasteiger charge is -2.14. The topological polar surface area (TPSA) is 34.1 Å². The second-order valence-electron chi connectivity index (χ2n) is 4.14. The fourth-order valence-corrected chi connectivity index (χ4v) is 2.39. The Morgan fingerprint density at radius 3 is 2.94 bits per heavy atom. The Hall–Kier alpha value is -1.13. The Morgan fingerprint density at radius 2 is 2.17 bits per heavy atom. The molecule has 1 aromatic carbocycles. The van der Waals surface area contributed by atoms with Gasteiger partial charge < -0.3 is 10.1 Å². The molecule has 0 bridgehead atoms. The number of ether oxygens (including phenoxy) is 1. The molecule has 4 heteroatoms. The first-order valence-corrected chi connectivity index (χ1v) is 6.90. The van der Waals surface area contributed by atoms with E-state index in [1.807, 2.05) is 31.3 Å². The summed E-state index contributed by atoms with van der Waals surface area (Å²) in [4.78, 5) is 4.39. The third kappa shape index (κ3) is 3.00. The molecule has 0 aliphatic rings. The molecule has 0 saturated heterocycles. The number of anilines is 1. The summed E-state index contributed by atoms with van der Waals surface area (Å²) in [6, 6.07) is 8.14. The molecule has 0 saturated carbocycles. The third-order valence-electron chi connectivity index (χ3n) is 2.76. The summed E-state index contributed by atoms with van der Waals surface area (Å²) >= 11 is 3.56. The van der Waals surface area contributed by atoms with Crippen molar-refractivity contribution in [1.29, 1.82) is 0 Å². The van der Waals surface area contributed by atoms with Crippen molar-refractivity contribution in [2.45, 2.75) is 20.0 Å². The van der Waals surface area contributed by atoms with Gasteiger partial charge in [0.25, 0.3) is 0 Å². The molecule has 0 fully saturated rings. The molecule has 1 aromatic heterocycles. The highest BCUT2D eigenvalue weighted by molar-refractivity contribution is 9.10. The fourth-order valence-electron chi connectivity index (χ4n) is 1.89. The zero-order valence-corrected chi connectivity index (χ0v) is 12.2. The van der Waals surface area contributed by atoms with Gasteiger partial charge in [-0.05, 0) is 26.0 Å². The van der Waals surface area contributed by atoms with Gasteiger partial charge in [0.05, 0.1) is 6.10 Å². The Balaban J connectivity index is 2.21. The molecular weight excluding hydrogens is 292 g/mol.